The number of pyridine rings is 1. The molecule has 3 aromatic rings. The minimum absolute atomic E-state index is 0.244. The van der Waals surface area contributed by atoms with Crippen molar-refractivity contribution in [3.8, 4) is 11.4 Å². The van der Waals surface area contributed by atoms with Gasteiger partial charge in [0, 0.05) is 63.0 Å². The highest BCUT2D eigenvalue weighted by Crippen LogP contribution is 2.43. The van der Waals surface area contributed by atoms with E-state index in [9.17, 15) is 4.79 Å². The summed E-state index contributed by atoms with van der Waals surface area (Å²) in [7, 11) is 2.12. The molecule has 3 aliphatic rings. The van der Waals surface area contributed by atoms with Gasteiger partial charge in [-0.1, -0.05) is 0 Å². The summed E-state index contributed by atoms with van der Waals surface area (Å²) in [5.41, 5.74) is 5.99. The Morgan fingerprint density at radius 2 is 1.83 bits per heavy atom. The van der Waals surface area contributed by atoms with Gasteiger partial charge in [-0.15, -0.1) is 0 Å². The molecule has 0 aromatic carbocycles. The van der Waals surface area contributed by atoms with Crippen LogP contribution in [0.1, 0.15) is 68.1 Å². The van der Waals surface area contributed by atoms with Crippen LogP contribution in [0.4, 0.5) is 10.5 Å². The van der Waals surface area contributed by atoms with Crippen LogP contribution in [0.25, 0.3) is 11.4 Å². The van der Waals surface area contributed by atoms with Crippen molar-refractivity contribution in [1.29, 1.82) is 0 Å². The van der Waals surface area contributed by atoms with E-state index in [0.717, 1.165) is 59.4 Å². The number of carbonyl (C=O) groups excluding carboxylic acids is 1. The van der Waals surface area contributed by atoms with Gasteiger partial charge >= 0.3 is 6.09 Å². The average Bonchev–Trinajstić information content (AvgIpc) is 3.55. The fourth-order valence-electron chi connectivity index (χ4n) is 5.09. The SMILES string of the molecule is Cn1c(C2CC2)nc2c1-c1nc(Cc3ccc(N4CCN(C(=O)OC(C)(C)C)CC4)cn3)ncc1C2. The number of hydrogen-bond acceptors (Lipinski definition) is 7. The second-order valence-electron chi connectivity index (χ2n) is 11.1. The van der Waals surface area contributed by atoms with E-state index in [1.54, 1.807) is 4.90 Å². The zero-order chi connectivity index (χ0) is 25.0. The predicted octanol–water partition coefficient (Wildman–Crippen LogP) is 3.70. The Labute approximate surface area is 211 Å². The summed E-state index contributed by atoms with van der Waals surface area (Å²) in [4.78, 5) is 35.5. The first-order chi connectivity index (χ1) is 17.2. The third-order valence-corrected chi connectivity index (χ3v) is 7.09. The Bertz CT molecular complexity index is 1300. The fourth-order valence-corrected chi connectivity index (χ4v) is 5.09. The number of hydrogen-bond donors (Lipinski definition) is 0. The minimum atomic E-state index is -0.476. The summed E-state index contributed by atoms with van der Waals surface area (Å²) >= 11 is 0. The topological polar surface area (TPSA) is 89.3 Å². The Morgan fingerprint density at radius 1 is 1.06 bits per heavy atom. The van der Waals surface area contributed by atoms with Crippen LogP contribution in [0.3, 0.4) is 0 Å². The Morgan fingerprint density at radius 3 is 2.50 bits per heavy atom. The van der Waals surface area contributed by atoms with Crippen molar-refractivity contribution in [2.24, 2.45) is 7.05 Å². The minimum Gasteiger partial charge on any atom is -0.444 e. The van der Waals surface area contributed by atoms with Crippen molar-refractivity contribution in [3.05, 3.63) is 53.1 Å². The maximum atomic E-state index is 12.3. The van der Waals surface area contributed by atoms with E-state index in [1.165, 1.54) is 18.7 Å². The molecule has 2 fully saturated rings. The van der Waals surface area contributed by atoms with Crippen LogP contribution in [-0.2, 0) is 24.6 Å². The van der Waals surface area contributed by atoms with Crippen LogP contribution in [0.5, 0.6) is 0 Å². The maximum Gasteiger partial charge on any atom is 0.410 e. The summed E-state index contributed by atoms with van der Waals surface area (Å²) in [5, 5.41) is 0. The summed E-state index contributed by atoms with van der Waals surface area (Å²) in [5.74, 6) is 2.60. The molecule has 6 rings (SSSR count). The van der Waals surface area contributed by atoms with Gasteiger partial charge in [0.05, 0.1) is 35.4 Å². The number of rotatable bonds is 4. The van der Waals surface area contributed by atoms with Crippen LogP contribution in [0.15, 0.2) is 24.5 Å². The first-order valence-corrected chi connectivity index (χ1v) is 12.8. The molecule has 0 unspecified atom stereocenters. The van der Waals surface area contributed by atoms with E-state index in [4.69, 9.17) is 19.7 Å². The molecule has 1 amide bonds. The van der Waals surface area contributed by atoms with Crippen LogP contribution in [0, 0.1) is 0 Å². The molecule has 4 heterocycles. The number of anilines is 1. The number of piperazine rings is 1. The van der Waals surface area contributed by atoms with Crippen molar-refractivity contribution < 1.29 is 9.53 Å². The van der Waals surface area contributed by atoms with Gasteiger partial charge in [0.25, 0.3) is 0 Å². The Kier molecular flexibility index (Phi) is 5.46. The first kappa shape index (κ1) is 22.9. The number of ether oxygens (including phenoxy) is 1. The van der Waals surface area contributed by atoms with Crippen LogP contribution < -0.4 is 4.90 Å². The normalized spacial score (nSPS) is 17.2. The molecule has 0 radical (unpaired) electrons. The maximum absolute atomic E-state index is 12.3. The number of amides is 1. The van der Waals surface area contributed by atoms with E-state index in [1.807, 2.05) is 39.2 Å². The third-order valence-electron chi connectivity index (χ3n) is 7.09. The molecule has 0 bridgehead atoms. The van der Waals surface area contributed by atoms with Gasteiger partial charge in [0.2, 0.25) is 0 Å². The van der Waals surface area contributed by atoms with Crippen molar-refractivity contribution in [2.45, 2.75) is 58.0 Å². The summed E-state index contributed by atoms with van der Waals surface area (Å²) in [6.45, 7) is 8.46. The standard InChI is InChI=1S/C27H33N7O2/c1-27(2,3)36-26(35)34-11-9-33(10-12-34)20-8-7-19(28-16-20)14-22-29-15-18-13-21-24(23(18)31-22)32(4)25(30-21)17-5-6-17/h7-8,15-17H,5-6,9-14H2,1-4H3. The molecule has 3 aromatic heterocycles. The van der Waals surface area contributed by atoms with Gasteiger partial charge in [0.15, 0.2) is 0 Å². The summed E-state index contributed by atoms with van der Waals surface area (Å²) in [6, 6.07) is 4.15. The number of imidazole rings is 1. The number of carbonyl (C=O) groups is 1. The molecule has 0 spiro atoms. The van der Waals surface area contributed by atoms with Gasteiger partial charge in [0.1, 0.15) is 17.2 Å². The molecular weight excluding hydrogens is 454 g/mol. The lowest BCUT2D eigenvalue weighted by molar-refractivity contribution is 0.0240. The van der Waals surface area contributed by atoms with Crippen LogP contribution >= 0.6 is 0 Å². The molecule has 2 aliphatic carbocycles. The van der Waals surface area contributed by atoms with Gasteiger partial charge in [-0.05, 0) is 45.7 Å². The van der Waals surface area contributed by atoms with E-state index in [-0.39, 0.29) is 6.09 Å². The predicted molar refractivity (Wildman–Crippen MR) is 136 cm³/mol. The number of aromatic nitrogens is 5. The zero-order valence-corrected chi connectivity index (χ0v) is 21.5. The summed E-state index contributed by atoms with van der Waals surface area (Å²) in [6.07, 6.45) is 7.51. The van der Waals surface area contributed by atoms with Gasteiger partial charge in [-0.2, -0.15) is 0 Å². The lowest BCUT2D eigenvalue weighted by Crippen LogP contribution is -2.50. The molecule has 0 N–H and O–H groups in total. The van der Waals surface area contributed by atoms with Crippen molar-refractivity contribution in [2.75, 3.05) is 31.1 Å². The van der Waals surface area contributed by atoms with E-state index >= 15 is 0 Å². The van der Waals surface area contributed by atoms with E-state index in [2.05, 4.69) is 27.6 Å². The highest BCUT2D eigenvalue weighted by molar-refractivity contribution is 5.69. The monoisotopic (exact) mass is 487 g/mol. The first-order valence-electron chi connectivity index (χ1n) is 12.8. The molecule has 0 atom stereocenters. The summed E-state index contributed by atoms with van der Waals surface area (Å²) < 4.78 is 7.74. The molecule has 9 nitrogen and oxygen atoms in total. The van der Waals surface area contributed by atoms with Crippen molar-refractivity contribution >= 4 is 11.8 Å². The lowest BCUT2D eigenvalue weighted by atomic mass is 10.2. The van der Waals surface area contributed by atoms with Gasteiger partial charge in [-0.3, -0.25) is 4.98 Å². The van der Waals surface area contributed by atoms with E-state index < -0.39 is 5.60 Å². The Balaban J connectivity index is 1.10. The molecule has 36 heavy (non-hydrogen) atoms. The molecule has 1 saturated carbocycles. The largest absolute Gasteiger partial charge is 0.444 e. The second kappa shape index (κ2) is 8.57. The fraction of sp³-hybridized carbons (Fsp3) is 0.519. The molecule has 188 valence electrons. The van der Waals surface area contributed by atoms with Crippen molar-refractivity contribution in [1.82, 2.24) is 29.4 Å². The average molecular weight is 488 g/mol. The zero-order valence-electron chi connectivity index (χ0n) is 21.5. The van der Waals surface area contributed by atoms with Crippen molar-refractivity contribution in [3.63, 3.8) is 0 Å². The number of nitrogens with zero attached hydrogens (tertiary/aromatic N) is 7. The molecule has 1 aliphatic heterocycles. The second-order valence-corrected chi connectivity index (χ2v) is 11.1. The molecule has 1 saturated heterocycles. The highest BCUT2D eigenvalue weighted by atomic mass is 16.6. The van der Waals surface area contributed by atoms with E-state index in [0.29, 0.717) is 25.4 Å². The smallest absolute Gasteiger partial charge is 0.410 e. The number of fused-ring (bicyclic) bond motifs is 3. The van der Waals surface area contributed by atoms with Gasteiger partial charge < -0.3 is 19.1 Å². The quantitative estimate of drug-likeness (QED) is 0.434. The molecule has 9 heteroatoms. The highest BCUT2D eigenvalue weighted by Gasteiger charge is 2.34. The van der Waals surface area contributed by atoms with Crippen LogP contribution in [-0.4, -0.2) is 67.3 Å². The van der Waals surface area contributed by atoms with Crippen LogP contribution in [0.2, 0.25) is 0 Å². The molecular formula is C27H33N7O2. The third kappa shape index (κ3) is 4.42. The van der Waals surface area contributed by atoms with Gasteiger partial charge in [-0.25, -0.2) is 19.7 Å². The Hall–Kier alpha value is -3.49. The lowest BCUT2D eigenvalue weighted by Gasteiger charge is -2.36.